The topological polar surface area (TPSA) is 32.3 Å². The van der Waals surface area contributed by atoms with E-state index < -0.39 is 0 Å². The van der Waals surface area contributed by atoms with E-state index in [2.05, 4.69) is 19.2 Å². The summed E-state index contributed by atoms with van der Waals surface area (Å²) in [4.78, 5) is 0. The van der Waals surface area contributed by atoms with Crippen molar-refractivity contribution in [3.63, 3.8) is 0 Å². The van der Waals surface area contributed by atoms with Crippen molar-refractivity contribution in [3.05, 3.63) is 0 Å². The lowest BCUT2D eigenvalue weighted by molar-refractivity contribution is 0.103. The molecule has 0 aromatic heterocycles. The van der Waals surface area contributed by atoms with Crippen molar-refractivity contribution in [2.75, 3.05) is 19.7 Å². The second kappa shape index (κ2) is 8.93. The van der Waals surface area contributed by atoms with Crippen LogP contribution in [0.3, 0.4) is 0 Å². The summed E-state index contributed by atoms with van der Waals surface area (Å²) in [6.07, 6.45) is 9.14. The van der Waals surface area contributed by atoms with Crippen molar-refractivity contribution < 1.29 is 5.11 Å². The van der Waals surface area contributed by atoms with Gasteiger partial charge < -0.3 is 10.4 Å². The van der Waals surface area contributed by atoms with Gasteiger partial charge in [-0.1, -0.05) is 39.5 Å². The van der Waals surface area contributed by atoms with Crippen LogP contribution in [-0.4, -0.2) is 24.8 Å². The van der Waals surface area contributed by atoms with Crippen LogP contribution in [0.5, 0.6) is 0 Å². The molecule has 0 aromatic rings. The molecule has 0 spiro atoms. The molecule has 0 amide bonds. The fraction of sp³-hybridized carbons (Fsp3) is 1.00. The number of aliphatic hydroxyl groups excluding tert-OH is 1. The molecule has 0 heterocycles. The quantitative estimate of drug-likeness (QED) is 0.640. The fourth-order valence-electron chi connectivity index (χ4n) is 3.20. The third kappa shape index (κ3) is 5.39. The van der Waals surface area contributed by atoms with Crippen LogP contribution >= 0.6 is 0 Å². The zero-order valence-corrected chi connectivity index (χ0v) is 11.8. The zero-order chi connectivity index (χ0) is 12.5. The van der Waals surface area contributed by atoms with E-state index in [0.717, 1.165) is 31.3 Å². The SMILES string of the molecule is CCCCNCCC(CO)C1CCCCC1C. The molecular formula is C15H31NO. The first-order chi connectivity index (χ1) is 8.29. The van der Waals surface area contributed by atoms with E-state index in [-0.39, 0.29) is 0 Å². The minimum absolute atomic E-state index is 0.379. The van der Waals surface area contributed by atoms with E-state index in [1.165, 1.54) is 38.5 Å². The summed E-state index contributed by atoms with van der Waals surface area (Å²) in [7, 11) is 0. The Bertz CT molecular complexity index is 184. The number of aliphatic hydroxyl groups is 1. The lowest BCUT2D eigenvalue weighted by Crippen LogP contribution is -2.30. The molecule has 0 bridgehead atoms. The van der Waals surface area contributed by atoms with Gasteiger partial charge in [0, 0.05) is 6.61 Å². The molecule has 1 rings (SSSR count). The lowest BCUT2D eigenvalue weighted by Gasteiger charge is -2.34. The van der Waals surface area contributed by atoms with Crippen LogP contribution in [0.1, 0.15) is 58.8 Å². The van der Waals surface area contributed by atoms with Gasteiger partial charge in [-0.25, -0.2) is 0 Å². The third-order valence-electron chi connectivity index (χ3n) is 4.42. The predicted octanol–water partition coefficient (Wildman–Crippen LogP) is 3.20. The van der Waals surface area contributed by atoms with E-state index in [1.54, 1.807) is 0 Å². The van der Waals surface area contributed by atoms with Crippen LogP contribution in [-0.2, 0) is 0 Å². The fourth-order valence-corrected chi connectivity index (χ4v) is 3.20. The largest absolute Gasteiger partial charge is 0.396 e. The van der Waals surface area contributed by atoms with Gasteiger partial charge in [0.25, 0.3) is 0 Å². The highest BCUT2D eigenvalue weighted by molar-refractivity contribution is 4.79. The number of rotatable bonds is 8. The Hall–Kier alpha value is -0.0800. The van der Waals surface area contributed by atoms with Crippen molar-refractivity contribution in [2.24, 2.45) is 17.8 Å². The highest BCUT2D eigenvalue weighted by Gasteiger charge is 2.28. The second-order valence-corrected chi connectivity index (χ2v) is 5.76. The normalized spacial score (nSPS) is 27.0. The standard InChI is InChI=1S/C15H31NO/c1-3-4-10-16-11-9-14(12-17)15-8-6-5-7-13(15)2/h13-17H,3-12H2,1-2H3. The van der Waals surface area contributed by atoms with Gasteiger partial charge in [0.15, 0.2) is 0 Å². The van der Waals surface area contributed by atoms with E-state index in [9.17, 15) is 5.11 Å². The maximum atomic E-state index is 9.57. The number of unbranched alkanes of at least 4 members (excludes halogenated alkanes) is 1. The van der Waals surface area contributed by atoms with Gasteiger partial charge in [0.05, 0.1) is 0 Å². The van der Waals surface area contributed by atoms with Gasteiger partial charge in [0.2, 0.25) is 0 Å². The maximum Gasteiger partial charge on any atom is 0.0462 e. The highest BCUT2D eigenvalue weighted by Crippen LogP contribution is 2.35. The number of hydrogen-bond donors (Lipinski definition) is 2. The van der Waals surface area contributed by atoms with Crippen molar-refractivity contribution in [1.29, 1.82) is 0 Å². The Kier molecular flexibility index (Phi) is 7.87. The van der Waals surface area contributed by atoms with E-state index >= 15 is 0 Å². The molecule has 2 N–H and O–H groups in total. The molecule has 1 saturated carbocycles. The summed E-state index contributed by atoms with van der Waals surface area (Å²) in [5.74, 6) is 2.11. The van der Waals surface area contributed by atoms with Crippen molar-refractivity contribution in [2.45, 2.75) is 58.8 Å². The molecule has 1 aliphatic carbocycles. The van der Waals surface area contributed by atoms with E-state index in [4.69, 9.17) is 0 Å². The average Bonchev–Trinajstić information content (AvgIpc) is 2.35. The van der Waals surface area contributed by atoms with Crippen LogP contribution in [0.4, 0.5) is 0 Å². The summed E-state index contributed by atoms with van der Waals surface area (Å²) >= 11 is 0. The minimum atomic E-state index is 0.379. The van der Waals surface area contributed by atoms with Gasteiger partial charge in [-0.2, -0.15) is 0 Å². The van der Waals surface area contributed by atoms with Crippen molar-refractivity contribution in [3.8, 4) is 0 Å². The monoisotopic (exact) mass is 241 g/mol. The van der Waals surface area contributed by atoms with E-state index in [1.807, 2.05) is 0 Å². The Labute approximate surface area is 107 Å². The molecule has 0 radical (unpaired) electrons. The molecule has 2 heteroatoms. The first-order valence-corrected chi connectivity index (χ1v) is 7.61. The maximum absolute atomic E-state index is 9.57. The van der Waals surface area contributed by atoms with Crippen LogP contribution in [0.2, 0.25) is 0 Å². The van der Waals surface area contributed by atoms with Crippen LogP contribution in [0.15, 0.2) is 0 Å². The van der Waals surface area contributed by atoms with Crippen LogP contribution in [0, 0.1) is 17.8 Å². The molecule has 0 aromatic carbocycles. The van der Waals surface area contributed by atoms with Crippen molar-refractivity contribution >= 4 is 0 Å². The smallest absolute Gasteiger partial charge is 0.0462 e. The van der Waals surface area contributed by atoms with Gasteiger partial charge in [-0.05, 0) is 50.1 Å². The molecule has 1 aliphatic rings. The first kappa shape index (κ1) is 15.0. The van der Waals surface area contributed by atoms with Crippen LogP contribution < -0.4 is 5.32 Å². The van der Waals surface area contributed by atoms with Gasteiger partial charge >= 0.3 is 0 Å². The lowest BCUT2D eigenvalue weighted by atomic mass is 9.72. The number of hydrogen-bond acceptors (Lipinski definition) is 2. The molecule has 3 unspecified atom stereocenters. The summed E-state index contributed by atoms with van der Waals surface area (Å²) in [5.41, 5.74) is 0. The summed E-state index contributed by atoms with van der Waals surface area (Å²) in [5, 5.41) is 13.1. The Morgan fingerprint density at radius 2 is 2.00 bits per heavy atom. The van der Waals surface area contributed by atoms with Gasteiger partial charge in [-0.3, -0.25) is 0 Å². The predicted molar refractivity (Wildman–Crippen MR) is 74.1 cm³/mol. The molecule has 1 fully saturated rings. The molecule has 3 atom stereocenters. The zero-order valence-electron chi connectivity index (χ0n) is 11.8. The average molecular weight is 241 g/mol. The number of nitrogens with one attached hydrogen (secondary N) is 1. The highest BCUT2D eigenvalue weighted by atomic mass is 16.3. The van der Waals surface area contributed by atoms with Crippen LogP contribution in [0.25, 0.3) is 0 Å². The molecule has 17 heavy (non-hydrogen) atoms. The summed E-state index contributed by atoms with van der Waals surface area (Å²) < 4.78 is 0. The summed E-state index contributed by atoms with van der Waals surface area (Å²) in [6.45, 7) is 7.19. The van der Waals surface area contributed by atoms with Gasteiger partial charge in [0.1, 0.15) is 0 Å². The Balaban J connectivity index is 2.21. The Morgan fingerprint density at radius 3 is 2.65 bits per heavy atom. The first-order valence-electron chi connectivity index (χ1n) is 7.61. The van der Waals surface area contributed by atoms with E-state index in [0.29, 0.717) is 12.5 Å². The molecule has 0 aliphatic heterocycles. The molecular weight excluding hydrogens is 210 g/mol. The second-order valence-electron chi connectivity index (χ2n) is 5.76. The third-order valence-corrected chi connectivity index (χ3v) is 4.42. The van der Waals surface area contributed by atoms with Gasteiger partial charge in [-0.15, -0.1) is 0 Å². The van der Waals surface area contributed by atoms with Crippen molar-refractivity contribution in [1.82, 2.24) is 5.32 Å². The molecule has 0 saturated heterocycles. The molecule has 102 valence electrons. The minimum Gasteiger partial charge on any atom is -0.396 e. The molecule has 2 nitrogen and oxygen atoms in total. The Morgan fingerprint density at radius 1 is 1.24 bits per heavy atom. The summed E-state index contributed by atoms with van der Waals surface area (Å²) in [6, 6.07) is 0.